The van der Waals surface area contributed by atoms with E-state index in [1.165, 1.54) is 0 Å². The second-order valence-electron chi connectivity index (χ2n) is 6.28. The minimum atomic E-state index is -0.507. The molecule has 5 heteroatoms. The summed E-state index contributed by atoms with van der Waals surface area (Å²) in [6.45, 7) is 5.28. The molecule has 0 spiro atoms. The van der Waals surface area contributed by atoms with Crippen LogP contribution in [0, 0.1) is 5.92 Å². The molecule has 22 heavy (non-hydrogen) atoms. The summed E-state index contributed by atoms with van der Waals surface area (Å²) in [7, 11) is 0. The van der Waals surface area contributed by atoms with E-state index < -0.39 is 11.9 Å². The van der Waals surface area contributed by atoms with Crippen LogP contribution in [0.4, 0.5) is 0 Å². The highest BCUT2D eigenvalue weighted by Gasteiger charge is 2.35. The number of amides is 2. The van der Waals surface area contributed by atoms with E-state index >= 15 is 0 Å². The lowest BCUT2D eigenvalue weighted by Gasteiger charge is -2.38. The molecule has 1 aromatic carbocycles. The Labute approximate surface area is 131 Å². The second kappa shape index (κ2) is 7.40. The highest BCUT2D eigenvalue weighted by atomic mass is 16.2. The van der Waals surface area contributed by atoms with Crippen molar-refractivity contribution in [3.8, 4) is 0 Å². The summed E-state index contributed by atoms with van der Waals surface area (Å²) in [5.41, 5.74) is 6.63. The summed E-state index contributed by atoms with van der Waals surface area (Å²) < 4.78 is 0. The maximum atomic E-state index is 12.7. The zero-order valence-electron chi connectivity index (χ0n) is 13.3. The van der Waals surface area contributed by atoms with Gasteiger partial charge in [0, 0.05) is 13.1 Å². The van der Waals surface area contributed by atoms with Crippen molar-refractivity contribution in [2.24, 2.45) is 11.7 Å². The molecule has 2 atom stereocenters. The number of nitrogens with zero attached hydrogens (tertiary/aromatic N) is 1. The molecule has 2 amide bonds. The van der Waals surface area contributed by atoms with Crippen LogP contribution in [0.15, 0.2) is 30.3 Å². The molecule has 1 heterocycles. The number of hydrogen-bond acceptors (Lipinski definition) is 3. The van der Waals surface area contributed by atoms with Crippen molar-refractivity contribution in [1.29, 1.82) is 0 Å². The van der Waals surface area contributed by atoms with Crippen LogP contribution in [-0.4, -0.2) is 41.9 Å². The molecule has 1 aliphatic heterocycles. The molecule has 0 bridgehead atoms. The van der Waals surface area contributed by atoms with Gasteiger partial charge >= 0.3 is 0 Å². The number of nitrogens with two attached hydrogens (primary N) is 1. The lowest BCUT2D eigenvalue weighted by molar-refractivity contribution is -0.143. The Balaban J connectivity index is 2.10. The molecule has 1 aliphatic rings. The Morgan fingerprint density at radius 3 is 2.64 bits per heavy atom. The minimum Gasteiger partial charge on any atom is -0.368 e. The van der Waals surface area contributed by atoms with Crippen LogP contribution < -0.4 is 11.1 Å². The van der Waals surface area contributed by atoms with Crippen LogP contribution in [0.1, 0.15) is 25.8 Å². The highest BCUT2D eigenvalue weighted by Crippen LogP contribution is 2.16. The van der Waals surface area contributed by atoms with Crippen molar-refractivity contribution in [1.82, 2.24) is 10.2 Å². The van der Waals surface area contributed by atoms with Crippen molar-refractivity contribution in [3.63, 3.8) is 0 Å². The molecule has 120 valence electrons. The number of primary amides is 1. The fourth-order valence-electron chi connectivity index (χ4n) is 2.92. The van der Waals surface area contributed by atoms with Gasteiger partial charge in [0.25, 0.3) is 0 Å². The number of carbonyl (C=O) groups is 2. The monoisotopic (exact) mass is 303 g/mol. The van der Waals surface area contributed by atoms with Crippen LogP contribution >= 0.6 is 0 Å². The van der Waals surface area contributed by atoms with Crippen molar-refractivity contribution in [2.75, 3.05) is 13.1 Å². The molecule has 1 aromatic rings. The third-order valence-electron chi connectivity index (χ3n) is 4.01. The average Bonchev–Trinajstić information content (AvgIpc) is 2.48. The van der Waals surface area contributed by atoms with Gasteiger partial charge in [0.15, 0.2) is 0 Å². The van der Waals surface area contributed by atoms with E-state index in [-0.39, 0.29) is 11.9 Å². The predicted octanol–water partition coefficient (Wildman–Crippen LogP) is 0.930. The van der Waals surface area contributed by atoms with Gasteiger partial charge in [0.1, 0.15) is 6.04 Å². The van der Waals surface area contributed by atoms with Crippen LogP contribution in [-0.2, 0) is 16.0 Å². The van der Waals surface area contributed by atoms with Gasteiger partial charge in [-0.1, -0.05) is 44.2 Å². The van der Waals surface area contributed by atoms with Crippen molar-refractivity contribution in [2.45, 2.75) is 38.8 Å². The summed E-state index contributed by atoms with van der Waals surface area (Å²) in [6.07, 6.45) is 1.24. The van der Waals surface area contributed by atoms with Crippen LogP contribution in [0.5, 0.6) is 0 Å². The predicted molar refractivity (Wildman–Crippen MR) is 86.1 cm³/mol. The van der Waals surface area contributed by atoms with Gasteiger partial charge in [-0.05, 0) is 24.3 Å². The third kappa shape index (κ3) is 4.07. The van der Waals surface area contributed by atoms with Crippen LogP contribution in [0.25, 0.3) is 0 Å². The summed E-state index contributed by atoms with van der Waals surface area (Å²) in [4.78, 5) is 26.1. The lowest BCUT2D eigenvalue weighted by Crippen LogP contribution is -2.61. The molecule has 0 aromatic heterocycles. The van der Waals surface area contributed by atoms with Crippen LogP contribution in [0.2, 0.25) is 0 Å². The molecule has 2 rings (SSSR count). The number of carbonyl (C=O) groups excluding carboxylic acids is 2. The maximum Gasteiger partial charge on any atom is 0.240 e. The Bertz CT molecular complexity index is 516. The first-order valence-electron chi connectivity index (χ1n) is 7.86. The zero-order chi connectivity index (χ0) is 16.1. The second-order valence-corrected chi connectivity index (χ2v) is 6.28. The molecule has 5 nitrogen and oxygen atoms in total. The number of benzene rings is 1. The summed E-state index contributed by atoms with van der Waals surface area (Å²) in [5, 5.41) is 3.25. The van der Waals surface area contributed by atoms with E-state index in [0.717, 1.165) is 5.56 Å². The van der Waals surface area contributed by atoms with Gasteiger partial charge in [-0.25, -0.2) is 0 Å². The average molecular weight is 303 g/mol. The highest BCUT2D eigenvalue weighted by molar-refractivity contribution is 5.89. The first kappa shape index (κ1) is 16.5. The number of piperazine rings is 1. The Hall–Kier alpha value is -1.88. The molecule has 0 saturated carbocycles. The first-order valence-corrected chi connectivity index (χ1v) is 7.86. The third-order valence-corrected chi connectivity index (χ3v) is 4.01. The summed E-state index contributed by atoms with van der Waals surface area (Å²) in [5.74, 6) is -0.130. The normalized spacial score (nSPS) is 20.2. The Kier molecular flexibility index (Phi) is 5.55. The van der Waals surface area contributed by atoms with Crippen molar-refractivity contribution in [3.05, 3.63) is 35.9 Å². The van der Waals surface area contributed by atoms with Gasteiger partial charge in [-0.3, -0.25) is 9.59 Å². The van der Waals surface area contributed by atoms with E-state index in [1.54, 1.807) is 4.90 Å². The minimum absolute atomic E-state index is 0.0282. The smallest absolute Gasteiger partial charge is 0.240 e. The van der Waals surface area contributed by atoms with E-state index in [4.69, 9.17) is 5.73 Å². The SMILES string of the molecule is CC(C)CC(C(N)=O)N1CCNC(Cc2ccccc2)C1=O. The first-order chi connectivity index (χ1) is 10.5. The molecule has 2 unspecified atom stereocenters. The molecule has 0 aliphatic carbocycles. The Morgan fingerprint density at radius 2 is 2.05 bits per heavy atom. The zero-order valence-corrected chi connectivity index (χ0v) is 13.3. The number of nitrogens with one attached hydrogen (secondary N) is 1. The van der Waals surface area contributed by atoms with Gasteiger partial charge in [-0.15, -0.1) is 0 Å². The topological polar surface area (TPSA) is 75.4 Å². The standard InChI is InChI=1S/C17H25N3O2/c1-12(2)10-15(16(18)21)20-9-8-19-14(17(20)22)11-13-6-4-3-5-7-13/h3-7,12,14-15,19H,8-11H2,1-2H3,(H2,18,21). The van der Waals surface area contributed by atoms with E-state index in [0.29, 0.717) is 31.8 Å². The van der Waals surface area contributed by atoms with Crippen LogP contribution in [0.3, 0.4) is 0 Å². The van der Waals surface area contributed by atoms with Crippen molar-refractivity contribution >= 4 is 11.8 Å². The molecular weight excluding hydrogens is 278 g/mol. The fourth-order valence-corrected chi connectivity index (χ4v) is 2.92. The van der Waals surface area contributed by atoms with Crippen molar-refractivity contribution < 1.29 is 9.59 Å². The number of hydrogen-bond donors (Lipinski definition) is 2. The van der Waals surface area contributed by atoms with E-state index in [9.17, 15) is 9.59 Å². The molecule has 0 radical (unpaired) electrons. The summed E-state index contributed by atoms with van der Waals surface area (Å²) in [6, 6.07) is 9.10. The quantitative estimate of drug-likeness (QED) is 0.821. The van der Waals surface area contributed by atoms with Gasteiger partial charge in [0.2, 0.25) is 11.8 Å². The number of rotatable bonds is 6. The largest absolute Gasteiger partial charge is 0.368 e. The fraction of sp³-hybridized carbons (Fsp3) is 0.529. The van der Waals surface area contributed by atoms with E-state index in [1.807, 2.05) is 44.2 Å². The van der Waals surface area contributed by atoms with E-state index in [2.05, 4.69) is 5.32 Å². The molecule has 1 fully saturated rings. The van der Waals surface area contributed by atoms with Gasteiger partial charge < -0.3 is 16.0 Å². The van der Waals surface area contributed by atoms with Gasteiger partial charge in [0.05, 0.1) is 6.04 Å². The summed E-state index contributed by atoms with van der Waals surface area (Å²) >= 11 is 0. The molecule has 1 saturated heterocycles. The molecular formula is C17H25N3O2. The maximum absolute atomic E-state index is 12.7. The molecule has 3 N–H and O–H groups in total. The Morgan fingerprint density at radius 1 is 1.36 bits per heavy atom. The van der Waals surface area contributed by atoms with Gasteiger partial charge in [-0.2, -0.15) is 0 Å². The lowest BCUT2D eigenvalue weighted by atomic mass is 9.98.